The minimum atomic E-state index is -0.459. The fourth-order valence-corrected chi connectivity index (χ4v) is 2.90. The summed E-state index contributed by atoms with van der Waals surface area (Å²) in [5, 5.41) is 5.36. The van der Waals surface area contributed by atoms with Crippen LogP contribution in [0.25, 0.3) is 0 Å². The monoisotopic (exact) mass is 371 g/mol. The molecule has 2 aromatic rings. The van der Waals surface area contributed by atoms with Gasteiger partial charge in [0, 0.05) is 25.2 Å². The second kappa shape index (κ2) is 9.14. The average molecular weight is 371 g/mol. The molecule has 2 amide bonds. The van der Waals surface area contributed by atoms with Crippen molar-refractivity contribution in [2.75, 3.05) is 36.5 Å². The molecule has 7 heteroatoms. The average Bonchev–Trinajstić information content (AvgIpc) is 2.68. The molecular weight excluding hydrogens is 349 g/mol. The second-order valence-corrected chi connectivity index (χ2v) is 6.21. The highest BCUT2D eigenvalue weighted by Gasteiger charge is 2.17. The van der Waals surface area contributed by atoms with Crippen LogP contribution in [0, 0.1) is 5.82 Å². The largest absolute Gasteiger partial charge is 0.378 e. The lowest BCUT2D eigenvalue weighted by molar-refractivity contribution is -0.126. The van der Waals surface area contributed by atoms with Crippen LogP contribution in [0.5, 0.6) is 0 Å². The van der Waals surface area contributed by atoms with E-state index >= 15 is 0 Å². The lowest BCUT2D eigenvalue weighted by Gasteiger charge is -2.30. The van der Waals surface area contributed by atoms with Gasteiger partial charge >= 0.3 is 0 Å². The summed E-state index contributed by atoms with van der Waals surface area (Å²) in [6.45, 7) is 2.82. The number of halogens is 1. The molecule has 0 saturated carbocycles. The Hall–Kier alpha value is -2.93. The quantitative estimate of drug-likeness (QED) is 0.765. The third-order valence-corrected chi connectivity index (χ3v) is 4.28. The van der Waals surface area contributed by atoms with E-state index < -0.39 is 11.8 Å². The highest BCUT2D eigenvalue weighted by atomic mass is 19.1. The number of nitrogens with one attached hydrogen (secondary N) is 2. The van der Waals surface area contributed by atoms with Crippen molar-refractivity contribution in [3.8, 4) is 0 Å². The molecule has 3 rings (SSSR count). The number of ether oxygens (including phenoxy) is 1. The van der Waals surface area contributed by atoms with Gasteiger partial charge in [-0.3, -0.25) is 9.59 Å². The van der Waals surface area contributed by atoms with Crippen molar-refractivity contribution in [1.29, 1.82) is 0 Å². The zero-order valence-corrected chi connectivity index (χ0v) is 14.9. The highest BCUT2D eigenvalue weighted by molar-refractivity contribution is 6.04. The van der Waals surface area contributed by atoms with Crippen LogP contribution in [-0.2, 0) is 20.9 Å². The lowest BCUT2D eigenvalue weighted by atomic mass is 10.2. The molecule has 1 heterocycles. The smallest absolute Gasteiger partial charge is 0.233 e. The molecule has 0 radical (unpaired) electrons. The molecule has 0 bridgehead atoms. The number of amides is 2. The molecular formula is C20H22FN3O3. The number of carbonyl (C=O) groups is 2. The first kappa shape index (κ1) is 18.8. The molecule has 0 aromatic heterocycles. The molecule has 1 aliphatic rings. The highest BCUT2D eigenvalue weighted by Crippen LogP contribution is 2.26. The molecule has 2 aromatic carbocycles. The number of benzene rings is 2. The van der Waals surface area contributed by atoms with E-state index in [-0.39, 0.29) is 18.8 Å². The van der Waals surface area contributed by atoms with Gasteiger partial charge in [-0.2, -0.15) is 0 Å². The van der Waals surface area contributed by atoms with Crippen molar-refractivity contribution in [2.24, 2.45) is 0 Å². The maximum Gasteiger partial charge on any atom is 0.233 e. The topological polar surface area (TPSA) is 70.7 Å². The van der Waals surface area contributed by atoms with Gasteiger partial charge in [0.2, 0.25) is 11.8 Å². The number of rotatable bonds is 6. The third-order valence-electron chi connectivity index (χ3n) is 4.28. The zero-order chi connectivity index (χ0) is 19.1. The molecule has 2 N–H and O–H groups in total. The molecule has 0 aliphatic carbocycles. The van der Waals surface area contributed by atoms with Gasteiger partial charge in [-0.1, -0.05) is 30.3 Å². The molecule has 1 fully saturated rings. The standard InChI is InChI=1S/C20H22FN3O3/c21-16-6-2-1-5-15(16)14-22-19(25)13-20(26)23-17-7-3-4-8-18(17)24-9-11-27-12-10-24/h1-8H,9-14H2,(H,22,25)(H,23,26). The summed E-state index contributed by atoms with van der Waals surface area (Å²) >= 11 is 0. The van der Waals surface area contributed by atoms with Crippen LogP contribution in [0.3, 0.4) is 0 Å². The second-order valence-electron chi connectivity index (χ2n) is 6.21. The number of anilines is 2. The summed E-state index contributed by atoms with van der Waals surface area (Å²) in [5.74, 6) is -1.26. The molecule has 27 heavy (non-hydrogen) atoms. The summed E-state index contributed by atoms with van der Waals surface area (Å²) in [6.07, 6.45) is -0.327. The van der Waals surface area contributed by atoms with Crippen molar-refractivity contribution < 1.29 is 18.7 Å². The molecule has 0 unspecified atom stereocenters. The van der Waals surface area contributed by atoms with Gasteiger partial charge in [-0.05, 0) is 18.2 Å². The van der Waals surface area contributed by atoms with Crippen LogP contribution in [0.1, 0.15) is 12.0 Å². The Morgan fingerprint density at radius 2 is 1.70 bits per heavy atom. The fraction of sp³-hybridized carbons (Fsp3) is 0.300. The first-order valence-corrected chi connectivity index (χ1v) is 8.85. The maximum absolute atomic E-state index is 13.6. The van der Waals surface area contributed by atoms with Crippen molar-refractivity contribution in [1.82, 2.24) is 5.32 Å². The van der Waals surface area contributed by atoms with E-state index in [9.17, 15) is 14.0 Å². The van der Waals surface area contributed by atoms with Crippen LogP contribution in [0.4, 0.5) is 15.8 Å². The van der Waals surface area contributed by atoms with Crippen LogP contribution in [-0.4, -0.2) is 38.1 Å². The van der Waals surface area contributed by atoms with Gasteiger partial charge in [0.1, 0.15) is 12.2 Å². The van der Waals surface area contributed by atoms with Gasteiger partial charge in [0.25, 0.3) is 0 Å². The molecule has 0 spiro atoms. The first-order valence-electron chi connectivity index (χ1n) is 8.85. The van der Waals surface area contributed by atoms with Crippen LogP contribution < -0.4 is 15.5 Å². The van der Waals surface area contributed by atoms with Crippen LogP contribution >= 0.6 is 0 Å². The van der Waals surface area contributed by atoms with Gasteiger partial charge in [-0.15, -0.1) is 0 Å². The number of para-hydroxylation sites is 2. The lowest BCUT2D eigenvalue weighted by Crippen LogP contribution is -2.37. The Labute approximate surface area is 157 Å². The summed E-state index contributed by atoms with van der Waals surface area (Å²) < 4.78 is 18.9. The number of morpholine rings is 1. The maximum atomic E-state index is 13.6. The third kappa shape index (κ3) is 5.27. The van der Waals surface area contributed by atoms with Crippen molar-refractivity contribution in [3.63, 3.8) is 0 Å². The number of hydrogen-bond acceptors (Lipinski definition) is 4. The van der Waals surface area contributed by atoms with Crippen molar-refractivity contribution in [2.45, 2.75) is 13.0 Å². The number of nitrogens with zero attached hydrogens (tertiary/aromatic N) is 1. The summed E-state index contributed by atoms with van der Waals surface area (Å²) in [6, 6.07) is 13.7. The van der Waals surface area contributed by atoms with E-state index in [0.29, 0.717) is 24.5 Å². The van der Waals surface area contributed by atoms with Gasteiger partial charge in [-0.25, -0.2) is 4.39 Å². The van der Waals surface area contributed by atoms with Crippen LogP contribution in [0.15, 0.2) is 48.5 Å². The van der Waals surface area contributed by atoms with E-state index in [0.717, 1.165) is 18.8 Å². The summed E-state index contributed by atoms with van der Waals surface area (Å²) in [4.78, 5) is 26.4. The predicted octanol–water partition coefficient (Wildman–Crippen LogP) is 2.31. The molecule has 1 saturated heterocycles. The van der Waals surface area contributed by atoms with Gasteiger partial charge in [0.15, 0.2) is 0 Å². The fourth-order valence-electron chi connectivity index (χ4n) is 2.90. The van der Waals surface area contributed by atoms with Crippen molar-refractivity contribution in [3.05, 3.63) is 59.9 Å². The predicted molar refractivity (Wildman–Crippen MR) is 101 cm³/mol. The van der Waals surface area contributed by atoms with E-state index in [4.69, 9.17) is 4.74 Å². The Kier molecular flexibility index (Phi) is 6.38. The van der Waals surface area contributed by atoms with Crippen molar-refractivity contribution >= 4 is 23.2 Å². The Morgan fingerprint density at radius 3 is 2.48 bits per heavy atom. The first-order chi connectivity index (χ1) is 13.1. The van der Waals surface area contributed by atoms with Gasteiger partial charge in [0.05, 0.1) is 24.6 Å². The van der Waals surface area contributed by atoms with E-state index in [2.05, 4.69) is 15.5 Å². The van der Waals surface area contributed by atoms with Gasteiger partial charge < -0.3 is 20.3 Å². The Balaban J connectivity index is 1.54. The zero-order valence-electron chi connectivity index (χ0n) is 14.9. The van der Waals surface area contributed by atoms with E-state index in [1.54, 1.807) is 24.3 Å². The number of carbonyl (C=O) groups excluding carboxylic acids is 2. The van der Waals surface area contributed by atoms with E-state index in [1.807, 2.05) is 18.2 Å². The summed E-state index contributed by atoms with van der Waals surface area (Å²) in [5.41, 5.74) is 1.94. The normalized spacial score (nSPS) is 13.9. The molecule has 142 valence electrons. The molecule has 6 nitrogen and oxygen atoms in total. The minimum Gasteiger partial charge on any atom is -0.378 e. The SMILES string of the molecule is O=C(CC(=O)Nc1ccccc1N1CCOCC1)NCc1ccccc1F. The number of hydrogen-bond donors (Lipinski definition) is 2. The summed E-state index contributed by atoms with van der Waals surface area (Å²) in [7, 11) is 0. The molecule has 1 aliphatic heterocycles. The molecule has 0 atom stereocenters. The van der Waals surface area contributed by atoms with Crippen LogP contribution in [0.2, 0.25) is 0 Å². The Bertz CT molecular complexity index is 807. The van der Waals surface area contributed by atoms with E-state index in [1.165, 1.54) is 6.07 Å². The Morgan fingerprint density at radius 1 is 1.00 bits per heavy atom. The minimum absolute atomic E-state index is 0.0448.